The van der Waals surface area contributed by atoms with Crippen LogP contribution in [0.4, 0.5) is 8.78 Å². The lowest BCUT2D eigenvalue weighted by molar-refractivity contribution is -0.135. The number of carbonyl (C=O) groups excluding carboxylic acids is 6. The first-order valence-corrected chi connectivity index (χ1v) is 33.1. The first kappa shape index (κ1) is 61.4. The molecule has 24 heteroatoms. The molecule has 5 unspecified atom stereocenters. The summed E-state index contributed by atoms with van der Waals surface area (Å²) in [5.74, 6) is -1.60. The van der Waals surface area contributed by atoms with Crippen molar-refractivity contribution in [3.63, 3.8) is 0 Å². The van der Waals surface area contributed by atoms with Crippen molar-refractivity contribution in [2.75, 3.05) is 6.61 Å². The molecular formula is C60H48Br2Cl2F2N6O7S5. The minimum absolute atomic E-state index is 0.0328. The zero-order valence-electron chi connectivity index (χ0n) is 44.0. The second kappa shape index (κ2) is 26.9. The molecule has 13 nitrogen and oxygen atoms in total. The molecule has 4 aliphatic rings. The number of ketones is 3. The van der Waals surface area contributed by atoms with E-state index in [1.165, 1.54) is 90.0 Å². The largest absolute Gasteiger partial charge is 0.477 e. The summed E-state index contributed by atoms with van der Waals surface area (Å²) in [5, 5.41) is 19.0. The van der Waals surface area contributed by atoms with Crippen LogP contribution in [0.2, 0.25) is 10.0 Å². The quantitative estimate of drug-likeness (QED) is 0.0734. The number of thioether (sulfide) groups is 2. The molecule has 2 aromatic carbocycles. The van der Waals surface area contributed by atoms with Gasteiger partial charge in [0.2, 0.25) is 23.6 Å². The van der Waals surface area contributed by atoms with Gasteiger partial charge in [-0.25, -0.2) is 23.7 Å². The van der Waals surface area contributed by atoms with Gasteiger partial charge < -0.3 is 20.7 Å². The molecule has 0 spiro atoms. The number of rotatable bonds is 13. The van der Waals surface area contributed by atoms with Gasteiger partial charge in [-0.05, 0) is 185 Å². The number of amides is 3. The van der Waals surface area contributed by atoms with E-state index in [9.17, 15) is 37.5 Å². The number of hydrogen-bond donors (Lipinski definition) is 3. The van der Waals surface area contributed by atoms with E-state index >= 15 is 0 Å². The van der Waals surface area contributed by atoms with Crippen molar-refractivity contribution < 1.29 is 42.3 Å². The van der Waals surface area contributed by atoms with Crippen molar-refractivity contribution in [1.29, 1.82) is 0 Å². The van der Waals surface area contributed by atoms with E-state index < -0.39 is 50.6 Å². The van der Waals surface area contributed by atoms with Gasteiger partial charge >= 0.3 is 0 Å². The highest BCUT2D eigenvalue weighted by atomic mass is 79.9. The minimum Gasteiger partial charge on any atom is -0.477 e. The number of hydrogen-bond acceptors (Lipinski definition) is 15. The number of halogens is 6. The summed E-state index contributed by atoms with van der Waals surface area (Å²) in [6.07, 6.45) is 5.07. The maximum atomic E-state index is 13.4. The SMILES string of the molecule is O=C1CC(=O)NC(c2ccsc2)(c2cccc(Br)n2)C1.O=C1CC(c2ccsc2)(c2cccc(Br)n2)NC(=O)C1Sc1ccc(F)cc1Cl.O=C1CC(c2ccsc2)(c2cccc(OCC3CCCC3)n2)NC(=O)C1Sc1ccc(F)cc1Cl. The van der Waals surface area contributed by atoms with Crippen LogP contribution in [0.5, 0.6) is 5.88 Å². The third kappa shape index (κ3) is 13.8. The van der Waals surface area contributed by atoms with Crippen LogP contribution in [-0.2, 0) is 45.4 Å². The fourth-order valence-corrected chi connectivity index (χ4v) is 15.9. The number of piperidine rings is 3. The van der Waals surface area contributed by atoms with E-state index in [1.54, 1.807) is 18.2 Å². The highest BCUT2D eigenvalue weighted by Gasteiger charge is 2.50. The van der Waals surface area contributed by atoms with Crippen LogP contribution < -0.4 is 20.7 Å². The number of aromatic nitrogens is 3. The maximum Gasteiger partial charge on any atom is 0.242 e. The van der Waals surface area contributed by atoms with E-state index in [4.69, 9.17) is 32.9 Å². The Morgan fingerprint density at radius 1 is 0.571 bits per heavy atom. The van der Waals surface area contributed by atoms with Crippen molar-refractivity contribution in [2.24, 2.45) is 5.92 Å². The Morgan fingerprint density at radius 3 is 1.42 bits per heavy atom. The van der Waals surface area contributed by atoms with Crippen molar-refractivity contribution in [3.8, 4) is 5.88 Å². The molecule has 432 valence electrons. The molecule has 84 heavy (non-hydrogen) atoms. The molecule has 0 bridgehead atoms. The number of pyridine rings is 3. The fraction of sp³-hybridized carbons (Fsp3) is 0.250. The monoisotopic (exact) mass is 1390 g/mol. The van der Waals surface area contributed by atoms with Crippen molar-refractivity contribution in [3.05, 3.63) is 206 Å². The van der Waals surface area contributed by atoms with Crippen LogP contribution in [0.25, 0.3) is 0 Å². The Labute approximate surface area is 529 Å². The van der Waals surface area contributed by atoms with Gasteiger partial charge in [0.25, 0.3) is 0 Å². The molecule has 0 radical (unpaired) electrons. The van der Waals surface area contributed by atoms with Gasteiger partial charge in [-0.3, -0.25) is 28.8 Å². The van der Waals surface area contributed by atoms with Crippen molar-refractivity contribution in [2.45, 2.75) is 88.3 Å². The van der Waals surface area contributed by atoms with Crippen LogP contribution in [0.15, 0.2) is 160 Å². The lowest BCUT2D eigenvalue weighted by Gasteiger charge is -2.39. The fourth-order valence-electron chi connectivity index (χ4n) is 10.5. The third-order valence-electron chi connectivity index (χ3n) is 14.5. The van der Waals surface area contributed by atoms with Gasteiger partial charge in [-0.2, -0.15) is 34.0 Å². The molecule has 1 saturated carbocycles. The zero-order chi connectivity index (χ0) is 59.2. The normalized spacial score (nSPS) is 22.5. The van der Waals surface area contributed by atoms with Crippen LogP contribution in [-0.4, -0.2) is 67.1 Å². The number of carbonyl (C=O) groups is 6. The summed E-state index contributed by atoms with van der Waals surface area (Å²) in [6.45, 7) is 0.615. The Balaban J connectivity index is 0.000000146. The minimum atomic E-state index is -1.09. The molecule has 12 rings (SSSR count). The molecular weight excluding hydrogens is 1350 g/mol. The van der Waals surface area contributed by atoms with Gasteiger partial charge in [-0.1, -0.05) is 54.2 Å². The molecule has 3 saturated heterocycles. The Kier molecular flexibility index (Phi) is 19.7. The number of nitrogens with zero attached hydrogens (tertiary/aromatic N) is 3. The molecule has 5 atom stereocenters. The molecule has 3 amide bonds. The van der Waals surface area contributed by atoms with Crippen molar-refractivity contribution in [1.82, 2.24) is 30.9 Å². The lowest BCUT2D eigenvalue weighted by atomic mass is 9.79. The number of nitrogens with one attached hydrogen (secondary N) is 3. The van der Waals surface area contributed by atoms with Crippen LogP contribution >= 0.6 is 113 Å². The van der Waals surface area contributed by atoms with E-state index in [2.05, 4.69) is 57.8 Å². The predicted octanol–water partition coefficient (Wildman–Crippen LogP) is 13.8. The molecule has 3 aliphatic heterocycles. The molecule has 3 N–H and O–H groups in total. The molecule has 6 aromatic heterocycles. The van der Waals surface area contributed by atoms with Gasteiger partial charge in [0.05, 0.1) is 40.2 Å². The van der Waals surface area contributed by atoms with Crippen LogP contribution in [0.3, 0.4) is 0 Å². The number of Topliss-reactive ketones (excluding diaryl/α,β-unsaturated/α-hetero) is 3. The second-order valence-corrected chi connectivity index (χ2v) is 27.2. The Hall–Kier alpha value is -5.69. The highest BCUT2D eigenvalue weighted by molar-refractivity contribution is 9.10. The van der Waals surface area contributed by atoms with Gasteiger partial charge in [0.1, 0.15) is 53.7 Å². The van der Waals surface area contributed by atoms with Gasteiger partial charge in [0.15, 0.2) is 11.6 Å². The highest BCUT2D eigenvalue weighted by Crippen LogP contribution is 2.44. The summed E-state index contributed by atoms with van der Waals surface area (Å²) in [6, 6.07) is 29.9. The molecule has 8 aromatic rings. The lowest BCUT2D eigenvalue weighted by Crippen LogP contribution is -2.58. The average molecular weight is 1390 g/mol. The zero-order valence-corrected chi connectivity index (χ0v) is 52.7. The third-order valence-corrected chi connectivity index (χ3v) is 20.9. The predicted molar refractivity (Wildman–Crippen MR) is 331 cm³/mol. The van der Waals surface area contributed by atoms with E-state index in [0.717, 1.165) is 46.3 Å². The first-order chi connectivity index (χ1) is 40.4. The maximum absolute atomic E-state index is 13.4. The standard InChI is InChI=1S/C26H24ClFN2O3S2.C20H13BrClFN2O2S2.C14H11BrN2O2S/c27-19-12-18(28)8-9-21(19)35-24-20(31)13-26(30-25(24)32,17-10-11-34-15-17)22-6-3-7-23(29-22)33-14-16-4-1-2-5-16;21-17-3-1-2-16(24-17)20(11-6-7-28-10-11)9-14(26)18(19(27)25-20)29-15-5-4-12(23)8-13(15)22;15-12-3-1-2-11(16-12)14(9-4-5-20-8-9)7-10(18)6-13(19)17-14/h3,6-12,15-16,24H,1-2,4-5,13-14H2,(H,30,32);1-8,10,18H,9H2,(H,25,27);1-5,8H,6-7H2,(H,17,19). The number of thiophene rings is 3. The average Bonchev–Trinajstić information content (AvgIpc) is 3.69. The summed E-state index contributed by atoms with van der Waals surface area (Å²) in [4.78, 5) is 91.4. The number of benzene rings is 2. The first-order valence-electron chi connectivity index (χ1n) is 26.1. The van der Waals surface area contributed by atoms with Gasteiger partial charge in [-0.15, -0.1) is 23.5 Å². The van der Waals surface area contributed by atoms with E-state index in [0.29, 0.717) is 54.5 Å². The summed E-state index contributed by atoms with van der Waals surface area (Å²) in [5.41, 5.74) is 1.33. The molecule has 4 fully saturated rings. The Morgan fingerprint density at radius 2 is 1.01 bits per heavy atom. The van der Waals surface area contributed by atoms with E-state index in [-0.39, 0.29) is 59.0 Å². The van der Waals surface area contributed by atoms with Crippen LogP contribution in [0.1, 0.15) is 85.1 Å². The summed E-state index contributed by atoms with van der Waals surface area (Å²) < 4.78 is 34.0. The topological polar surface area (TPSA) is 186 Å². The molecule has 1 aliphatic carbocycles. The molecule has 9 heterocycles. The summed E-state index contributed by atoms with van der Waals surface area (Å²) >= 11 is 25.5. The Bertz CT molecular complexity index is 3700. The van der Waals surface area contributed by atoms with E-state index in [1.807, 2.05) is 86.9 Å². The van der Waals surface area contributed by atoms with Gasteiger partial charge in [0, 0.05) is 35.1 Å². The van der Waals surface area contributed by atoms with Crippen molar-refractivity contribution >= 4 is 148 Å². The second-order valence-electron chi connectivity index (χ2n) is 20.1. The van der Waals surface area contributed by atoms with Crippen LogP contribution in [0, 0.1) is 17.6 Å². The number of ether oxygens (including phenoxy) is 1. The summed E-state index contributed by atoms with van der Waals surface area (Å²) in [7, 11) is 0. The smallest absolute Gasteiger partial charge is 0.242 e.